The summed E-state index contributed by atoms with van der Waals surface area (Å²) in [6.45, 7) is 2.24. The predicted octanol–water partition coefficient (Wildman–Crippen LogP) is 2.29. The van der Waals surface area contributed by atoms with Gasteiger partial charge in [-0.2, -0.15) is 0 Å². The van der Waals surface area contributed by atoms with Crippen molar-refractivity contribution >= 4 is 79.6 Å². The number of amides is 2. The Morgan fingerprint density at radius 1 is 0.578 bits per heavy atom. The van der Waals surface area contributed by atoms with E-state index in [9.17, 15) is 36.6 Å². The van der Waals surface area contributed by atoms with Gasteiger partial charge in [0.2, 0.25) is 11.8 Å². The van der Waals surface area contributed by atoms with Gasteiger partial charge in [0.05, 0.1) is 21.2 Å². The van der Waals surface area contributed by atoms with Gasteiger partial charge in [0.1, 0.15) is 0 Å². The molecule has 0 bridgehead atoms. The summed E-state index contributed by atoms with van der Waals surface area (Å²) in [5.41, 5.74) is 1.87. The molecule has 0 aliphatic carbocycles. The fourth-order valence-corrected chi connectivity index (χ4v) is 5.36. The minimum Gasteiger partial charge on any atom is -0.872 e. The molecule has 230 valence electrons. The van der Waals surface area contributed by atoms with Crippen LogP contribution in [0.1, 0.15) is 25.0 Å². The quantitative estimate of drug-likeness (QED) is 0.202. The standard InChI is InChI=1S/2C15H14N2O4S.Sn/c2*1-11(18)17-22(20,21)14-8-6-13(7-9-14)16-10-12-4-2-3-5-15(12)19;/h2*2-10,19H,1H3,(H,17,18);/q;;+2/p-2. The molecule has 2 amide bonds. The molecule has 2 N–H and O–H groups in total. The number of para-hydroxylation sites is 2. The van der Waals surface area contributed by atoms with Crippen LogP contribution in [-0.4, -0.2) is 65.0 Å². The van der Waals surface area contributed by atoms with E-state index in [1.165, 1.54) is 73.1 Å². The van der Waals surface area contributed by atoms with E-state index in [1.807, 2.05) is 9.44 Å². The van der Waals surface area contributed by atoms with Gasteiger partial charge in [0, 0.05) is 26.3 Å². The van der Waals surface area contributed by atoms with Crippen LogP contribution >= 0.6 is 0 Å². The molecule has 4 rings (SSSR count). The molecule has 0 fully saturated rings. The van der Waals surface area contributed by atoms with Crippen LogP contribution in [-0.2, 0) is 29.6 Å². The van der Waals surface area contributed by atoms with E-state index < -0.39 is 31.9 Å². The first-order chi connectivity index (χ1) is 20.8. The fourth-order valence-electron chi connectivity index (χ4n) is 3.38. The van der Waals surface area contributed by atoms with Gasteiger partial charge in [0.25, 0.3) is 20.0 Å². The number of aliphatic imine (C=N–C) groups is 2. The number of hydrogen-bond donors (Lipinski definition) is 2. The molecule has 0 aliphatic rings. The van der Waals surface area contributed by atoms with Crippen molar-refractivity contribution in [3.63, 3.8) is 0 Å². The van der Waals surface area contributed by atoms with E-state index in [2.05, 4.69) is 9.98 Å². The van der Waals surface area contributed by atoms with Gasteiger partial charge in [0.15, 0.2) is 0 Å². The number of carbonyl (C=O) groups excluding carboxylic acids is 2. The number of carbonyl (C=O) groups is 2. The Balaban J connectivity index is 0.000000307. The van der Waals surface area contributed by atoms with Gasteiger partial charge in [-0.15, -0.1) is 11.5 Å². The van der Waals surface area contributed by atoms with Gasteiger partial charge >= 0.3 is 23.9 Å². The molecule has 45 heavy (non-hydrogen) atoms. The Kier molecular flexibility index (Phi) is 13.4. The third-order valence-electron chi connectivity index (χ3n) is 5.39. The van der Waals surface area contributed by atoms with Crippen molar-refractivity contribution in [1.29, 1.82) is 0 Å². The zero-order valence-corrected chi connectivity index (χ0v) is 28.4. The molecule has 15 heteroatoms. The van der Waals surface area contributed by atoms with Gasteiger partial charge in [-0.3, -0.25) is 19.6 Å². The van der Waals surface area contributed by atoms with Crippen molar-refractivity contribution in [3.05, 3.63) is 108 Å². The monoisotopic (exact) mass is 754 g/mol. The van der Waals surface area contributed by atoms with Crippen molar-refractivity contribution in [1.82, 2.24) is 9.44 Å². The molecule has 0 atom stereocenters. The van der Waals surface area contributed by atoms with E-state index in [1.54, 1.807) is 36.4 Å². The van der Waals surface area contributed by atoms with Crippen LogP contribution < -0.4 is 19.7 Å². The van der Waals surface area contributed by atoms with Crippen molar-refractivity contribution in [2.45, 2.75) is 23.6 Å². The van der Waals surface area contributed by atoms with Crippen molar-refractivity contribution < 1.29 is 36.6 Å². The maximum Gasteiger partial charge on any atom is 2.00 e. The van der Waals surface area contributed by atoms with Gasteiger partial charge < -0.3 is 10.2 Å². The average molecular weight is 753 g/mol. The molecule has 0 heterocycles. The van der Waals surface area contributed by atoms with Crippen LogP contribution in [0.5, 0.6) is 11.5 Å². The summed E-state index contributed by atoms with van der Waals surface area (Å²) in [4.78, 5) is 29.9. The molecule has 0 saturated carbocycles. The zero-order valence-electron chi connectivity index (χ0n) is 23.9. The Labute approximate surface area is 277 Å². The Morgan fingerprint density at radius 3 is 1.18 bits per heavy atom. The van der Waals surface area contributed by atoms with Crippen LogP contribution in [0.15, 0.2) is 117 Å². The molecule has 0 spiro atoms. The number of hydrogen-bond acceptors (Lipinski definition) is 10. The van der Waals surface area contributed by atoms with E-state index in [-0.39, 0.29) is 45.2 Å². The average Bonchev–Trinajstić information content (AvgIpc) is 2.96. The van der Waals surface area contributed by atoms with E-state index >= 15 is 0 Å². The number of nitrogens with zero attached hydrogens (tertiary/aromatic N) is 2. The maximum atomic E-state index is 11.8. The van der Waals surface area contributed by atoms with Gasteiger partial charge in [-0.05, 0) is 59.7 Å². The number of nitrogens with one attached hydrogen (secondary N) is 2. The summed E-state index contributed by atoms with van der Waals surface area (Å²) in [5, 5.41) is 23.0. The molecular formula is C30H26N4O8S2Sn. The van der Waals surface area contributed by atoms with E-state index in [0.29, 0.717) is 22.5 Å². The van der Waals surface area contributed by atoms with Crippen LogP contribution in [0.4, 0.5) is 11.4 Å². The molecule has 0 aliphatic heterocycles. The first-order valence-corrected chi connectivity index (χ1v) is 15.6. The van der Waals surface area contributed by atoms with Crippen molar-refractivity contribution in [2.75, 3.05) is 0 Å². The maximum absolute atomic E-state index is 11.8. The Bertz CT molecular complexity index is 1770. The number of benzene rings is 4. The van der Waals surface area contributed by atoms with E-state index in [0.717, 1.165) is 13.8 Å². The molecular weight excluding hydrogens is 727 g/mol. The second-order valence-corrected chi connectivity index (χ2v) is 12.3. The third kappa shape index (κ3) is 11.5. The largest absolute Gasteiger partial charge is 2.00 e. The molecule has 4 aromatic rings. The van der Waals surface area contributed by atoms with Gasteiger partial charge in [-0.1, -0.05) is 48.5 Å². The Morgan fingerprint density at radius 2 is 0.889 bits per heavy atom. The molecule has 4 aromatic carbocycles. The summed E-state index contributed by atoms with van der Waals surface area (Å²) in [5.74, 6) is -1.60. The fraction of sp³-hybridized carbons (Fsp3) is 0.0667. The summed E-state index contributed by atoms with van der Waals surface area (Å²) in [7, 11) is -7.70. The molecule has 0 aromatic heterocycles. The summed E-state index contributed by atoms with van der Waals surface area (Å²) >= 11 is 0. The Hall–Kier alpha value is -4.54. The van der Waals surface area contributed by atoms with Gasteiger partial charge in [-0.25, -0.2) is 26.3 Å². The zero-order chi connectivity index (χ0) is 32.3. The van der Waals surface area contributed by atoms with Crippen LogP contribution in [0, 0.1) is 0 Å². The van der Waals surface area contributed by atoms with Crippen molar-refractivity contribution in [3.8, 4) is 11.5 Å². The van der Waals surface area contributed by atoms with Crippen LogP contribution in [0.2, 0.25) is 0 Å². The number of rotatable bonds is 8. The normalized spacial score (nSPS) is 11.2. The smallest absolute Gasteiger partial charge is 0.872 e. The predicted molar refractivity (Wildman–Crippen MR) is 167 cm³/mol. The van der Waals surface area contributed by atoms with Crippen LogP contribution in [0.3, 0.4) is 0 Å². The topological polar surface area (TPSA) is 197 Å². The first kappa shape index (κ1) is 36.6. The third-order valence-corrected chi connectivity index (χ3v) is 8.29. The molecule has 0 saturated heterocycles. The van der Waals surface area contributed by atoms with Crippen LogP contribution in [0.25, 0.3) is 0 Å². The molecule has 0 unspecified atom stereocenters. The van der Waals surface area contributed by atoms with E-state index in [4.69, 9.17) is 0 Å². The molecule has 2 radical (unpaired) electrons. The SMILES string of the molecule is CC(=O)NS(=O)(=O)c1ccc(N=Cc2ccccc2[O-])cc1.CC(=O)NS(=O)(=O)c1ccc(N=Cc2ccccc2[O-])cc1.[Sn+2]. The minimum atomic E-state index is -3.85. The minimum absolute atomic E-state index is 0. The summed E-state index contributed by atoms with van der Waals surface area (Å²) < 4.78 is 50.8. The summed E-state index contributed by atoms with van der Waals surface area (Å²) in [6.07, 6.45) is 2.83. The second-order valence-electron chi connectivity index (χ2n) is 8.90. The number of sulfonamides is 2. The second kappa shape index (κ2) is 16.5. The summed E-state index contributed by atoms with van der Waals surface area (Å²) in [6, 6.07) is 24.2. The molecule has 12 nitrogen and oxygen atoms in total. The van der Waals surface area contributed by atoms with Crippen molar-refractivity contribution in [2.24, 2.45) is 9.98 Å². The first-order valence-electron chi connectivity index (χ1n) is 12.6.